The normalized spacial score (nSPS) is 3.83. The number of amides is 1. The first-order chi connectivity index (χ1) is 3.77. The summed E-state index contributed by atoms with van der Waals surface area (Å²) in [6.07, 6.45) is 1.36. The predicted octanol–water partition coefficient (Wildman–Crippen LogP) is 1.09. The van der Waals surface area contributed by atoms with Crippen LogP contribution in [-0.4, -0.2) is 11.4 Å². The molecule has 0 aromatic carbocycles. The fourth-order valence-electron chi connectivity index (χ4n) is 0.0569. The van der Waals surface area contributed by atoms with Crippen LogP contribution in [0.2, 0.25) is 0 Å². The van der Waals surface area contributed by atoms with Crippen LogP contribution in [0.25, 0.3) is 0 Å². The minimum atomic E-state index is 0. The van der Waals surface area contributed by atoms with E-state index < -0.39 is 0 Å². The maximum atomic E-state index is 9.25. The van der Waals surface area contributed by atoms with E-state index in [4.69, 9.17) is 0 Å². The average Bonchev–Trinajstić information content (AvgIpc) is 1.72. The van der Waals surface area contributed by atoms with Crippen molar-refractivity contribution < 1.29 is 77.1 Å². The van der Waals surface area contributed by atoms with Crippen molar-refractivity contribution >= 4 is 23.6 Å². The molecule has 0 rings (SSSR count). The second-order valence-electron chi connectivity index (χ2n) is 0.650. The summed E-state index contributed by atoms with van der Waals surface area (Å²) in [7, 11) is 0. The average molecular weight is 469 g/mol. The van der Waals surface area contributed by atoms with Crippen LogP contribution >= 0.6 is 12.2 Å². The van der Waals surface area contributed by atoms with E-state index in [1.807, 2.05) is 5.32 Å². The van der Waals surface area contributed by atoms with Crippen molar-refractivity contribution in [3.63, 3.8) is 0 Å². The van der Waals surface area contributed by atoms with Crippen molar-refractivity contribution in [2.75, 3.05) is 0 Å². The van der Waals surface area contributed by atoms with E-state index in [-0.39, 0.29) is 84.7 Å². The third-order valence-electron chi connectivity index (χ3n) is 0.190. The zero-order valence-electron chi connectivity index (χ0n) is 7.16. The van der Waals surface area contributed by atoms with Gasteiger partial charge in [-0.2, -0.15) is 6.92 Å². The van der Waals surface area contributed by atoms with E-state index in [1.54, 1.807) is 6.92 Å². The first-order valence-electron chi connectivity index (χ1n) is 1.97. The van der Waals surface area contributed by atoms with E-state index in [0.717, 1.165) is 0 Å². The Morgan fingerprint density at radius 2 is 1.75 bits per heavy atom. The van der Waals surface area contributed by atoms with Crippen LogP contribution in [0.3, 0.4) is 0 Å². The molecule has 2 nitrogen and oxygen atoms in total. The Balaban J connectivity index is -0.0000000140. The third kappa shape index (κ3) is 59.7. The van der Waals surface area contributed by atoms with Crippen LogP contribution in [0.15, 0.2) is 0 Å². The molecule has 0 saturated carbocycles. The van der Waals surface area contributed by atoms with Gasteiger partial charge in [0.05, 0.1) is 6.41 Å². The van der Waals surface area contributed by atoms with Gasteiger partial charge in [-0.05, 0) is 0 Å². The summed E-state index contributed by atoms with van der Waals surface area (Å²) in [5.41, 5.74) is 0. The first-order valence-corrected chi connectivity index (χ1v) is 2.38. The number of thiocarbonyl (C=S) groups is 1. The molecule has 1 N–H and O–H groups in total. The number of hydrogen-bond acceptors (Lipinski definition) is 2. The molecule has 0 bridgehead atoms. The van der Waals surface area contributed by atoms with Crippen molar-refractivity contribution in [3.05, 3.63) is 21.3 Å². The number of hydrogen-bond donors (Lipinski definition) is 1. The van der Waals surface area contributed by atoms with Crippen LogP contribution in [0, 0.1) is 21.3 Å². The first kappa shape index (κ1) is 37.2. The molecule has 0 unspecified atom stereocenters. The van der Waals surface area contributed by atoms with Crippen molar-refractivity contribution in [3.8, 4) is 0 Å². The predicted molar refractivity (Wildman–Crippen MR) is 44.2 cm³/mol. The molecule has 0 aliphatic heterocycles. The van der Waals surface area contributed by atoms with Gasteiger partial charge in [-0.1, -0.05) is 0 Å². The van der Waals surface area contributed by atoms with Crippen molar-refractivity contribution in [1.82, 2.24) is 5.32 Å². The molecule has 12 heavy (non-hydrogen) atoms. The molecule has 0 atom stereocenters. The van der Waals surface area contributed by atoms with Crippen LogP contribution in [0.5, 0.6) is 0 Å². The Kier molecular flexibility index (Phi) is 119. The number of carbonyl (C=O) groups excluding carboxylic acids is 1. The monoisotopic (exact) mass is 469 g/mol. The summed E-state index contributed by atoms with van der Waals surface area (Å²) in [6, 6.07) is 0. The molecular weight excluding hydrogens is 458 g/mol. The minimum absolute atomic E-state index is 0. The summed E-state index contributed by atoms with van der Waals surface area (Å²) in [4.78, 5) is 9.45. The van der Waals surface area contributed by atoms with Gasteiger partial charge in [0.1, 0.15) is 0 Å². The molecule has 0 aliphatic carbocycles. The molecule has 1 amide bonds. The van der Waals surface area contributed by atoms with Crippen molar-refractivity contribution in [1.29, 1.82) is 0 Å². The molecule has 6 heteroatoms. The van der Waals surface area contributed by atoms with Crippen molar-refractivity contribution in [2.45, 2.75) is 6.92 Å². The van der Waals surface area contributed by atoms with Crippen LogP contribution < -0.4 is 5.32 Å². The van der Waals surface area contributed by atoms with Gasteiger partial charge in [0.2, 0.25) is 0 Å². The zero-order valence-corrected chi connectivity index (χ0v) is 15.1. The molecule has 0 saturated heterocycles. The largest absolute Gasteiger partial charge is 0.510 e. The number of nitrogens with one attached hydrogen (secondary N) is 1. The minimum Gasteiger partial charge on any atom is -0.510 e. The van der Waals surface area contributed by atoms with Crippen LogP contribution in [0.1, 0.15) is 6.92 Å². The Morgan fingerprint density at radius 3 is 1.75 bits per heavy atom. The second kappa shape index (κ2) is 38.5. The molecule has 0 spiro atoms. The van der Waals surface area contributed by atoms with E-state index in [1.165, 1.54) is 6.41 Å². The molecule has 0 aromatic rings. The Morgan fingerprint density at radius 1 is 1.50 bits per heavy atom. The van der Waals surface area contributed by atoms with Crippen molar-refractivity contribution in [2.24, 2.45) is 0 Å². The quantitative estimate of drug-likeness (QED) is 0.355. The maximum Gasteiger partial charge on any atom is 0.0677 e. The summed E-state index contributed by atoms with van der Waals surface area (Å²) >= 11 is 4.31. The Labute approximate surface area is 132 Å². The van der Waals surface area contributed by atoms with Gasteiger partial charge < -0.3 is 31.4 Å². The SMILES string of the molecule is [CH2-]C.[CH2-]C(=S)N[C-]=O.[CH3-].[V].[W].[Y]. The molecular formula is C6H11NOSVWY-4. The molecule has 0 fully saturated rings. The molecule has 70 valence electrons. The van der Waals surface area contributed by atoms with Crippen LogP contribution in [0.4, 0.5) is 0 Å². The van der Waals surface area contributed by atoms with E-state index in [9.17, 15) is 4.79 Å². The Bertz CT molecular complexity index is 87.9. The smallest absolute Gasteiger partial charge is 0.0677 e. The van der Waals surface area contributed by atoms with Gasteiger partial charge in [0.25, 0.3) is 0 Å². The Hall–Kier alpha value is 1.81. The summed E-state index contributed by atoms with van der Waals surface area (Å²) < 4.78 is 0. The van der Waals surface area contributed by atoms with Gasteiger partial charge in [-0.25, -0.2) is 17.2 Å². The third-order valence-corrected chi connectivity index (χ3v) is 0.293. The van der Waals surface area contributed by atoms with Gasteiger partial charge in [-0.3, -0.25) is 0 Å². The van der Waals surface area contributed by atoms with Gasteiger partial charge in [-0.15, -0.1) is 0 Å². The standard InChI is InChI=1S/C3H3NOS.C2H5.CH3.V.W.Y/c1-3(6)4-2-5;1-2;;;;/h1H2,(H,4,5,6);1H2,2H3;1H3;;;/q-2;2*-1;;;. The van der Waals surface area contributed by atoms with Gasteiger partial charge >= 0.3 is 0 Å². The second-order valence-corrected chi connectivity index (χ2v) is 1.14. The van der Waals surface area contributed by atoms with E-state index in [0.29, 0.717) is 0 Å². The maximum absolute atomic E-state index is 9.25. The fourth-order valence-corrected chi connectivity index (χ4v) is 0.0986. The molecule has 2 radical (unpaired) electrons. The number of rotatable bonds is 1. The zero-order chi connectivity index (χ0) is 6.99. The molecule has 0 aromatic heterocycles. The van der Waals surface area contributed by atoms with Gasteiger partial charge in [0.15, 0.2) is 0 Å². The fraction of sp³-hybridized carbons (Fsp3) is 0.167. The van der Waals surface area contributed by atoms with E-state index in [2.05, 4.69) is 26.1 Å². The topological polar surface area (TPSA) is 29.1 Å². The summed E-state index contributed by atoms with van der Waals surface area (Å²) in [6.45, 7) is 8.19. The summed E-state index contributed by atoms with van der Waals surface area (Å²) in [5.74, 6) is 0. The summed E-state index contributed by atoms with van der Waals surface area (Å²) in [5, 5.41) is 2.02. The molecule has 0 heterocycles. The van der Waals surface area contributed by atoms with Gasteiger partial charge in [0, 0.05) is 72.3 Å². The van der Waals surface area contributed by atoms with E-state index >= 15 is 0 Å². The van der Waals surface area contributed by atoms with Crippen LogP contribution in [-0.2, 0) is 77.1 Å². The molecule has 0 aliphatic rings.